The minimum absolute atomic E-state index is 0.312. The van der Waals surface area contributed by atoms with Gasteiger partial charge in [0.1, 0.15) is 12.4 Å². The molecule has 2 fully saturated rings. The van der Waals surface area contributed by atoms with Crippen LogP contribution in [0.5, 0.6) is 0 Å². The van der Waals surface area contributed by atoms with Gasteiger partial charge >= 0.3 is 0 Å². The largest absolute Gasteiger partial charge is 0.493 e. The first-order valence-electron chi connectivity index (χ1n) is 9.41. The lowest BCUT2D eigenvalue weighted by Gasteiger charge is -2.39. The van der Waals surface area contributed by atoms with Gasteiger partial charge in [-0.2, -0.15) is 0 Å². The molecule has 0 spiro atoms. The van der Waals surface area contributed by atoms with E-state index in [1.807, 2.05) is 0 Å². The maximum Gasteiger partial charge on any atom is 0.191 e. The number of carbonyl (C=O) groups is 1. The number of hydrogen-bond acceptors (Lipinski definition) is 2. The molecule has 2 nitrogen and oxygen atoms in total. The number of carbonyl (C=O) groups excluding carboxylic acids is 1. The zero-order chi connectivity index (χ0) is 14.9. The second-order valence-corrected chi connectivity index (χ2v) is 7.80. The van der Waals surface area contributed by atoms with E-state index in [4.69, 9.17) is 4.74 Å². The smallest absolute Gasteiger partial charge is 0.191 e. The molecular weight excluding hydrogens is 272 g/mol. The predicted molar refractivity (Wildman–Crippen MR) is 87.3 cm³/mol. The van der Waals surface area contributed by atoms with E-state index >= 15 is 0 Å². The van der Waals surface area contributed by atoms with Gasteiger partial charge < -0.3 is 4.74 Å². The van der Waals surface area contributed by atoms with Crippen LogP contribution in [0.15, 0.2) is 23.0 Å². The SMILES string of the molecule is O=C1C2=C(CCCC2)OC/C1=C\C1CCC2CCCCC2C1. The Morgan fingerprint density at radius 2 is 1.73 bits per heavy atom. The Bertz CT molecular complexity index is 514. The van der Waals surface area contributed by atoms with Gasteiger partial charge in [-0.3, -0.25) is 4.79 Å². The highest BCUT2D eigenvalue weighted by Crippen LogP contribution is 2.43. The third kappa shape index (κ3) is 2.77. The Kier molecular flexibility index (Phi) is 4.11. The van der Waals surface area contributed by atoms with Crippen LogP contribution in [0.4, 0.5) is 0 Å². The summed E-state index contributed by atoms with van der Waals surface area (Å²) in [7, 11) is 0. The van der Waals surface area contributed by atoms with E-state index in [9.17, 15) is 4.79 Å². The van der Waals surface area contributed by atoms with Crippen LogP contribution in [0.1, 0.15) is 70.6 Å². The molecule has 0 aromatic heterocycles. The van der Waals surface area contributed by atoms with E-state index < -0.39 is 0 Å². The van der Waals surface area contributed by atoms with Crippen molar-refractivity contribution in [2.45, 2.75) is 70.6 Å². The molecule has 3 unspecified atom stereocenters. The molecule has 3 aliphatic carbocycles. The van der Waals surface area contributed by atoms with Gasteiger partial charge in [-0.1, -0.05) is 31.8 Å². The Labute approximate surface area is 134 Å². The summed E-state index contributed by atoms with van der Waals surface area (Å²) in [5.74, 6) is 3.84. The summed E-state index contributed by atoms with van der Waals surface area (Å²) >= 11 is 0. The summed E-state index contributed by atoms with van der Waals surface area (Å²) in [5.41, 5.74) is 1.95. The highest BCUT2D eigenvalue weighted by Gasteiger charge is 2.33. The van der Waals surface area contributed by atoms with E-state index in [1.165, 1.54) is 51.4 Å². The molecule has 0 saturated heterocycles. The molecule has 0 amide bonds. The monoisotopic (exact) mass is 300 g/mol. The van der Waals surface area contributed by atoms with Crippen LogP contribution in [0.2, 0.25) is 0 Å². The zero-order valence-electron chi connectivity index (χ0n) is 13.6. The average molecular weight is 300 g/mol. The average Bonchev–Trinajstić information content (AvgIpc) is 2.57. The summed E-state index contributed by atoms with van der Waals surface area (Å²) in [6.45, 7) is 0.530. The Balaban J connectivity index is 1.47. The minimum atomic E-state index is 0.312. The van der Waals surface area contributed by atoms with Gasteiger partial charge in [0.2, 0.25) is 0 Å². The fourth-order valence-corrected chi connectivity index (χ4v) is 5.17. The van der Waals surface area contributed by atoms with E-state index in [2.05, 4.69) is 6.08 Å². The summed E-state index contributed by atoms with van der Waals surface area (Å²) in [5, 5.41) is 0. The van der Waals surface area contributed by atoms with Gasteiger partial charge in [0.15, 0.2) is 5.78 Å². The fraction of sp³-hybridized carbons (Fsp3) is 0.750. The van der Waals surface area contributed by atoms with Gasteiger partial charge in [0.25, 0.3) is 0 Å². The van der Waals surface area contributed by atoms with Crippen LogP contribution < -0.4 is 0 Å². The summed E-state index contributed by atoms with van der Waals surface area (Å²) in [6.07, 6.45) is 16.2. The van der Waals surface area contributed by atoms with Crippen LogP contribution in [-0.4, -0.2) is 12.4 Å². The maximum absolute atomic E-state index is 12.7. The van der Waals surface area contributed by atoms with Crippen molar-refractivity contribution < 1.29 is 9.53 Å². The second kappa shape index (κ2) is 6.22. The molecule has 0 N–H and O–H groups in total. The van der Waals surface area contributed by atoms with Crippen LogP contribution in [0.25, 0.3) is 0 Å². The van der Waals surface area contributed by atoms with Crippen molar-refractivity contribution in [1.29, 1.82) is 0 Å². The van der Waals surface area contributed by atoms with Crippen molar-refractivity contribution in [2.75, 3.05) is 6.61 Å². The Morgan fingerprint density at radius 1 is 0.909 bits per heavy atom. The molecule has 0 aromatic carbocycles. The number of ketones is 1. The highest BCUT2D eigenvalue weighted by molar-refractivity contribution is 6.09. The number of hydrogen-bond donors (Lipinski definition) is 0. The normalized spacial score (nSPS) is 37.5. The highest BCUT2D eigenvalue weighted by atomic mass is 16.5. The first-order valence-corrected chi connectivity index (χ1v) is 9.41. The quantitative estimate of drug-likeness (QED) is 0.641. The van der Waals surface area contributed by atoms with Gasteiger partial charge in [-0.15, -0.1) is 0 Å². The fourth-order valence-electron chi connectivity index (χ4n) is 5.17. The summed E-state index contributed by atoms with van der Waals surface area (Å²) in [4.78, 5) is 12.7. The summed E-state index contributed by atoms with van der Waals surface area (Å²) in [6, 6.07) is 0. The third-order valence-corrected chi connectivity index (χ3v) is 6.40. The minimum Gasteiger partial charge on any atom is -0.493 e. The lowest BCUT2D eigenvalue weighted by atomic mass is 9.67. The predicted octanol–water partition coefficient (Wildman–Crippen LogP) is 4.95. The number of ether oxygens (including phenoxy) is 1. The molecule has 120 valence electrons. The Morgan fingerprint density at radius 3 is 2.64 bits per heavy atom. The third-order valence-electron chi connectivity index (χ3n) is 6.40. The van der Waals surface area contributed by atoms with Crippen molar-refractivity contribution >= 4 is 5.78 Å². The topological polar surface area (TPSA) is 26.3 Å². The van der Waals surface area contributed by atoms with Crippen LogP contribution >= 0.6 is 0 Å². The van der Waals surface area contributed by atoms with Crippen molar-refractivity contribution in [2.24, 2.45) is 17.8 Å². The van der Waals surface area contributed by atoms with Crippen molar-refractivity contribution in [3.05, 3.63) is 23.0 Å². The molecule has 0 bridgehead atoms. The van der Waals surface area contributed by atoms with E-state index in [0.29, 0.717) is 18.3 Å². The molecule has 0 radical (unpaired) electrons. The first-order chi connectivity index (χ1) is 10.8. The number of Topliss-reactive ketones (excluding diaryl/α,β-unsaturated/α-hetero) is 1. The molecule has 1 aliphatic heterocycles. The molecule has 0 aromatic rings. The van der Waals surface area contributed by atoms with Crippen molar-refractivity contribution in [1.82, 2.24) is 0 Å². The lowest BCUT2D eigenvalue weighted by Crippen LogP contribution is -2.28. The number of allylic oxidation sites excluding steroid dienone is 3. The van der Waals surface area contributed by atoms with E-state index in [-0.39, 0.29) is 0 Å². The molecule has 22 heavy (non-hydrogen) atoms. The van der Waals surface area contributed by atoms with Gasteiger partial charge in [-0.25, -0.2) is 0 Å². The van der Waals surface area contributed by atoms with Gasteiger partial charge in [0.05, 0.1) is 0 Å². The lowest BCUT2D eigenvalue weighted by molar-refractivity contribution is -0.114. The van der Waals surface area contributed by atoms with E-state index in [1.54, 1.807) is 0 Å². The molecule has 2 heteroatoms. The second-order valence-electron chi connectivity index (χ2n) is 7.80. The van der Waals surface area contributed by atoms with Crippen molar-refractivity contribution in [3.63, 3.8) is 0 Å². The molecule has 2 saturated carbocycles. The Hall–Kier alpha value is -1.05. The van der Waals surface area contributed by atoms with Crippen LogP contribution in [0.3, 0.4) is 0 Å². The molecule has 1 heterocycles. The number of fused-ring (bicyclic) bond motifs is 1. The van der Waals surface area contributed by atoms with Crippen LogP contribution in [0, 0.1) is 17.8 Å². The van der Waals surface area contributed by atoms with Gasteiger partial charge in [-0.05, 0) is 56.3 Å². The number of rotatable bonds is 1. The maximum atomic E-state index is 12.7. The van der Waals surface area contributed by atoms with E-state index in [0.717, 1.165) is 48.0 Å². The van der Waals surface area contributed by atoms with Crippen molar-refractivity contribution in [3.8, 4) is 0 Å². The molecular formula is C20H28O2. The first kappa shape index (κ1) is 14.5. The van der Waals surface area contributed by atoms with Crippen LogP contribution in [-0.2, 0) is 9.53 Å². The zero-order valence-corrected chi connectivity index (χ0v) is 13.6. The standard InChI is InChI=1S/C20H28O2/c21-20-17(13-22-19-8-4-3-7-18(19)20)12-14-9-10-15-5-1-2-6-16(15)11-14/h12,14-16H,1-11,13H2/b17-12+. The molecule has 4 aliphatic rings. The molecule has 4 rings (SSSR count). The summed E-state index contributed by atoms with van der Waals surface area (Å²) < 4.78 is 5.90. The van der Waals surface area contributed by atoms with Gasteiger partial charge in [0, 0.05) is 17.6 Å². The molecule has 3 atom stereocenters.